The zero-order chi connectivity index (χ0) is 18.6. The van der Waals surface area contributed by atoms with Gasteiger partial charge in [0.25, 0.3) is 0 Å². The van der Waals surface area contributed by atoms with Crippen molar-refractivity contribution in [1.82, 2.24) is 19.9 Å². The van der Waals surface area contributed by atoms with Gasteiger partial charge in [0, 0.05) is 37.1 Å². The Balaban J connectivity index is 1.75. The fourth-order valence-corrected chi connectivity index (χ4v) is 3.06. The Kier molecular flexibility index (Phi) is 5.70. The van der Waals surface area contributed by atoms with Gasteiger partial charge in [-0.1, -0.05) is 6.92 Å². The van der Waals surface area contributed by atoms with E-state index in [1.54, 1.807) is 12.1 Å². The fourth-order valence-electron chi connectivity index (χ4n) is 3.06. The molecule has 5 nitrogen and oxygen atoms in total. The van der Waals surface area contributed by atoms with Crippen LogP contribution in [0.15, 0.2) is 30.6 Å². The zero-order valence-corrected chi connectivity index (χ0v) is 14.6. The number of nitrogens with one attached hydrogen (secondary N) is 1. The van der Waals surface area contributed by atoms with E-state index in [0.717, 1.165) is 25.7 Å². The molecule has 0 aromatic carbocycles. The molecule has 0 radical (unpaired) electrons. The number of anilines is 1. The van der Waals surface area contributed by atoms with E-state index in [9.17, 15) is 13.2 Å². The van der Waals surface area contributed by atoms with E-state index in [2.05, 4.69) is 32.1 Å². The first kappa shape index (κ1) is 18.6. The Morgan fingerprint density at radius 1 is 1.15 bits per heavy atom. The van der Waals surface area contributed by atoms with Crippen LogP contribution in [0.25, 0.3) is 11.4 Å². The molecule has 1 aliphatic heterocycles. The van der Waals surface area contributed by atoms with Gasteiger partial charge in [-0.3, -0.25) is 4.98 Å². The number of hydrogen-bond donors (Lipinski definition) is 1. The van der Waals surface area contributed by atoms with Crippen LogP contribution in [0.3, 0.4) is 0 Å². The van der Waals surface area contributed by atoms with Crippen molar-refractivity contribution >= 4 is 5.82 Å². The van der Waals surface area contributed by atoms with Gasteiger partial charge in [0.2, 0.25) is 0 Å². The van der Waals surface area contributed by atoms with Crippen molar-refractivity contribution in [3.63, 3.8) is 0 Å². The van der Waals surface area contributed by atoms with E-state index in [1.807, 2.05) is 0 Å². The van der Waals surface area contributed by atoms with E-state index >= 15 is 0 Å². The maximum absolute atomic E-state index is 13.2. The van der Waals surface area contributed by atoms with Gasteiger partial charge in [0.15, 0.2) is 11.5 Å². The third-order valence-electron chi connectivity index (χ3n) is 4.36. The average molecular weight is 365 g/mol. The summed E-state index contributed by atoms with van der Waals surface area (Å²) in [5, 5.41) is 3.05. The Labute approximate surface area is 150 Å². The van der Waals surface area contributed by atoms with E-state index < -0.39 is 11.9 Å². The standard InChI is InChI=1S/C18H22F3N5/c1-13(12-26-8-2-3-9-26)11-23-16-10-15(18(19,20)21)24-17(25-16)14-4-6-22-7-5-14/h4-7,10,13H,2-3,8-9,11-12H2,1H3,(H,23,24,25). The highest BCUT2D eigenvalue weighted by atomic mass is 19.4. The Bertz CT molecular complexity index is 715. The molecule has 0 saturated carbocycles. The third-order valence-corrected chi connectivity index (χ3v) is 4.36. The summed E-state index contributed by atoms with van der Waals surface area (Å²) in [4.78, 5) is 14.2. The van der Waals surface area contributed by atoms with Crippen LogP contribution in [0.4, 0.5) is 19.0 Å². The predicted molar refractivity (Wildman–Crippen MR) is 93.6 cm³/mol. The Hall–Kier alpha value is -2.22. The molecule has 0 amide bonds. The van der Waals surface area contributed by atoms with Crippen molar-refractivity contribution in [2.24, 2.45) is 5.92 Å². The molecule has 0 spiro atoms. The van der Waals surface area contributed by atoms with E-state index in [1.165, 1.54) is 25.2 Å². The lowest BCUT2D eigenvalue weighted by Crippen LogP contribution is -2.29. The van der Waals surface area contributed by atoms with Crippen LogP contribution >= 0.6 is 0 Å². The average Bonchev–Trinajstić information content (AvgIpc) is 3.13. The summed E-state index contributed by atoms with van der Waals surface area (Å²) in [6.07, 6.45) is 0.920. The van der Waals surface area contributed by atoms with Crippen LogP contribution in [0.2, 0.25) is 0 Å². The topological polar surface area (TPSA) is 53.9 Å². The second-order valence-corrected chi connectivity index (χ2v) is 6.69. The number of halogens is 3. The van der Waals surface area contributed by atoms with Gasteiger partial charge >= 0.3 is 6.18 Å². The van der Waals surface area contributed by atoms with Gasteiger partial charge in [-0.25, -0.2) is 9.97 Å². The van der Waals surface area contributed by atoms with Gasteiger partial charge in [-0.2, -0.15) is 13.2 Å². The SMILES string of the molecule is CC(CNc1cc(C(F)(F)F)nc(-c2ccncc2)n1)CN1CCCC1. The number of likely N-dealkylation sites (tertiary alicyclic amines) is 1. The van der Waals surface area contributed by atoms with Gasteiger partial charge in [0.1, 0.15) is 5.82 Å². The quantitative estimate of drug-likeness (QED) is 0.846. The lowest BCUT2D eigenvalue weighted by molar-refractivity contribution is -0.141. The van der Waals surface area contributed by atoms with E-state index in [-0.39, 0.29) is 11.6 Å². The van der Waals surface area contributed by atoms with Crippen molar-refractivity contribution in [1.29, 1.82) is 0 Å². The summed E-state index contributed by atoms with van der Waals surface area (Å²) < 4.78 is 39.6. The molecule has 0 aliphatic carbocycles. The molecule has 0 bridgehead atoms. The van der Waals surface area contributed by atoms with Crippen LogP contribution in [0.5, 0.6) is 0 Å². The number of rotatable bonds is 6. The minimum absolute atomic E-state index is 0.0388. The Morgan fingerprint density at radius 2 is 1.85 bits per heavy atom. The molecule has 1 N–H and O–H groups in total. The summed E-state index contributed by atoms with van der Waals surface area (Å²) in [5.74, 6) is 0.533. The molecule has 2 aromatic rings. The molecule has 3 heterocycles. The summed E-state index contributed by atoms with van der Waals surface area (Å²) in [5.41, 5.74) is -0.451. The Morgan fingerprint density at radius 3 is 2.50 bits per heavy atom. The summed E-state index contributed by atoms with van der Waals surface area (Å²) >= 11 is 0. The first-order chi connectivity index (χ1) is 12.4. The second kappa shape index (κ2) is 7.99. The molecular weight excluding hydrogens is 343 g/mol. The van der Waals surface area contributed by atoms with Crippen molar-refractivity contribution < 1.29 is 13.2 Å². The highest BCUT2D eigenvalue weighted by Gasteiger charge is 2.34. The monoisotopic (exact) mass is 365 g/mol. The van der Waals surface area contributed by atoms with Crippen LogP contribution in [-0.2, 0) is 6.18 Å². The molecule has 1 saturated heterocycles. The zero-order valence-electron chi connectivity index (χ0n) is 14.6. The van der Waals surface area contributed by atoms with Gasteiger partial charge in [-0.05, 0) is 44.0 Å². The van der Waals surface area contributed by atoms with E-state index in [4.69, 9.17) is 0 Å². The largest absolute Gasteiger partial charge is 0.433 e. The van der Waals surface area contributed by atoms with Crippen molar-refractivity contribution in [3.8, 4) is 11.4 Å². The van der Waals surface area contributed by atoms with Crippen molar-refractivity contribution in [2.75, 3.05) is 31.5 Å². The first-order valence-corrected chi connectivity index (χ1v) is 8.75. The summed E-state index contributed by atoms with van der Waals surface area (Å²) in [6, 6.07) is 4.15. The van der Waals surface area contributed by atoms with Gasteiger partial charge in [0.05, 0.1) is 0 Å². The molecule has 1 atom stereocenters. The van der Waals surface area contributed by atoms with Crippen molar-refractivity contribution in [2.45, 2.75) is 25.9 Å². The predicted octanol–water partition coefficient (Wildman–Crippen LogP) is 3.70. The smallest absolute Gasteiger partial charge is 0.370 e. The molecule has 1 unspecified atom stereocenters. The van der Waals surface area contributed by atoms with Crippen molar-refractivity contribution in [3.05, 3.63) is 36.3 Å². The highest BCUT2D eigenvalue weighted by molar-refractivity contribution is 5.57. The molecule has 3 rings (SSSR count). The fraction of sp³-hybridized carbons (Fsp3) is 0.500. The van der Waals surface area contributed by atoms with Crippen LogP contribution < -0.4 is 5.32 Å². The summed E-state index contributed by atoms with van der Waals surface area (Å²) in [6.45, 7) is 5.77. The molecule has 2 aromatic heterocycles. The lowest BCUT2D eigenvalue weighted by Gasteiger charge is -2.21. The number of aromatic nitrogens is 3. The molecule has 1 fully saturated rings. The molecule has 26 heavy (non-hydrogen) atoms. The second-order valence-electron chi connectivity index (χ2n) is 6.69. The summed E-state index contributed by atoms with van der Waals surface area (Å²) in [7, 11) is 0. The van der Waals surface area contributed by atoms with Crippen LogP contribution in [-0.4, -0.2) is 46.0 Å². The van der Waals surface area contributed by atoms with Gasteiger partial charge < -0.3 is 10.2 Å². The number of hydrogen-bond acceptors (Lipinski definition) is 5. The maximum atomic E-state index is 13.2. The molecule has 140 valence electrons. The molecule has 1 aliphatic rings. The first-order valence-electron chi connectivity index (χ1n) is 8.75. The van der Waals surface area contributed by atoms with E-state index in [0.29, 0.717) is 18.0 Å². The molecule has 8 heteroatoms. The normalized spacial score (nSPS) is 16.6. The van der Waals surface area contributed by atoms with Crippen LogP contribution in [0, 0.1) is 5.92 Å². The molecular formula is C18H22F3N5. The minimum atomic E-state index is -4.53. The number of pyridine rings is 1. The minimum Gasteiger partial charge on any atom is -0.370 e. The van der Waals surface area contributed by atoms with Crippen LogP contribution in [0.1, 0.15) is 25.5 Å². The number of nitrogens with zero attached hydrogens (tertiary/aromatic N) is 4. The van der Waals surface area contributed by atoms with Gasteiger partial charge in [-0.15, -0.1) is 0 Å². The lowest BCUT2D eigenvalue weighted by atomic mass is 10.1. The maximum Gasteiger partial charge on any atom is 0.433 e. The third kappa shape index (κ3) is 4.91. The highest BCUT2D eigenvalue weighted by Crippen LogP contribution is 2.30. The number of alkyl halides is 3.